The van der Waals surface area contributed by atoms with Gasteiger partial charge >= 0.3 is 36.1 Å². The monoisotopic (exact) mass is 1230 g/mol. The van der Waals surface area contributed by atoms with Crippen LogP contribution >= 0.6 is 23.2 Å². The van der Waals surface area contributed by atoms with Crippen LogP contribution in [0.4, 0.5) is 52.7 Å². The van der Waals surface area contributed by atoms with Gasteiger partial charge in [0.1, 0.15) is 37.3 Å². The molecule has 6 atom stereocenters. The summed E-state index contributed by atoms with van der Waals surface area (Å²) < 4.78 is 161. The predicted octanol–water partition coefficient (Wildman–Crippen LogP) is 7.24. The standard InChI is InChI=1S/2C25H20ClF6N7O3/c2*26-14-5-3-13(4-6-14)22-36-38(23(42)37(22)10-20(41)25(30,31)32)11-21-34-12-39(35-21)18-2-1-7-33-17(18)9-19(40)15-8-16(15)24(27,28)29/h2*1-7,12,15-16,20,41H,8-11H2/t15-,16?,20-;15-,16+,20+/m01/s1. The van der Waals surface area contributed by atoms with E-state index in [1.807, 2.05) is 0 Å². The Morgan fingerprint density at radius 1 is 0.536 bits per heavy atom. The molecule has 0 bridgehead atoms. The minimum atomic E-state index is -4.99. The van der Waals surface area contributed by atoms with Crippen LogP contribution in [0.3, 0.4) is 0 Å². The summed E-state index contributed by atoms with van der Waals surface area (Å²) in [6.45, 7) is -3.01. The number of ketones is 2. The second-order valence-corrected chi connectivity index (χ2v) is 20.2. The van der Waals surface area contributed by atoms with E-state index in [1.165, 1.54) is 107 Å². The maximum Gasteiger partial charge on any atom is 0.416 e. The van der Waals surface area contributed by atoms with E-state index < -0.39 is 96.6 Å². The molecule has 0 aliphatic heterocycles. The Kier molecular flexibility index (Phi) is 16.9. The van der Waals surface area contributed by atoms with Gasteiger partial charge in [-0.05, 0) is 85.6 Å². The molecule has 6 aromatic heterocycles. The fourth-order valence-corrected chi connectivity index (χ4v) is 9.05. The number of nitrogens with zero attached hydrogens (tertiary/aromatic N) is 14. The first kappa shape index (κ1) is 60.5. The minimum Gasteiger partial charge on any atom is -0.382 e. The average molecular weight is 1230 g/mol. The van der Waals surface area contributed by atoms with Gasteiger partial charge in [-0.1, -0.05) is 23.2 Å². The Morgan fingerprint density at radius 3 is 1.21 bits per heavy atom. The molecule has 0 saturated heterocycles. The van der Waals surface area contributed by atoms with Crippen molar-refractivity contribution in [3.05, 3.63) is 152 Å². The van der Waals surface area contributed by atoms with Crippen LogP contribution in [0.1, 0.15) is 35.9 Å². The molecule has 10 rings (SSSR count). The van der Waals surface area contributed by atoms with Gasteiger partial charge < -0.3 is 10.2 Å². The Morgan fingerprint density at radius 2 is 0.893 bits per heavy atom. The maximum atomic E-state index is 13.1. The van der Waals surface area contributed by atoms with E-state index in [9.17, 15) is 82.1 Å². The molecule has 0 amide bonds. The predicted molar refractivity (Wildman–Crippen MR) is 267 cm³/mol. The first-order chi connectivity index (χ1) is 39.4. The zero-order chi connectivity index (χ0) is 60.8. The van der Waals surface area contributed by atoms with Gasteiger partial charge in [0.2, 0.25) is 0 Å². The van der Waals surface area contributed by atoms with Crippen molar-refractivity contribution in [1.82, 2.24) is 68.2 Å². The lowest BCUT2D eigenvalue weighted by molar-refractivity contribution is -0.207. The Bertz CT molecular complexity index is 3570. The molecular weight excluding hydrogens is 1190 g/mol. The van der Waals surface area contributed by atoms with Crippen LogP contribution in [-0.2, 0) is 48.6 Å². The van der Waals surface area contributed by atoms with Crippen molar-refractivity contribution in [2.45, 2.75) is 88.8 Å². The molecule has 8 aromatic rings. The number of pyridine rings is 2. The molecule has 20 nitrogen and oxygen atoms in total. The highest BCUT2D eigenvalue weighted by Gasteiger charge is 2.59. The molecule has 2 N–H and O–H groups in total. The van der Waals surface area contributed by atoms with Crippen LogP contribution in [0.25, 0.3) is 34.2 Å². The van der Waals surface area contributed by atoms with Crippen molar-refractivity contribution < 1.29 is 72.5 Å². The van der Waals surface area contributed by atoms with Crippen molar-refractivity contribution in [2.75, 3.05) is 0 Å². The van der Waals surface area contributed by atoms with Crippen molar-refractivity contribution in [2.24, 2.45) is 23.7 Å². The van der Waals surface area contributed by atoms with Gasteiger partial charge in [-0.3, -0.25) is 28.7 Å². The second-order valence-electron chi connectivity index (χ2n) is 19.3. The number of aromatic nitrogens is 14. The normalized spacial score (nSPS) is 17.8. The molecule has 2 aliphatic rings. The molecular formula is C50H40Cl2F12N14O6. The van der Waals surface area contributed by atoms with E-state index in [4.69, 9.17) is 23.2 Å². The topological polar surface area (TPSA) is 241 Å². The van der Waals surface area contributed by atoms with E-state index in [-0.39, 0.29) is 96.0 Å². The third-order valence-corrected chi connectivity index (χ3v) is 13.8. The third-order valence-electron chi connectivity index (χ3n) is 13.3. The summed E-state index contributed by atoms with van der Waals surface area (Å²) in [5.41, 5.74) is -0.568. The molecule has 2 saturated carbocycles. The molecule has 2 aliphatic carbocycles. The summed E-state index contributed by atoms with van der Waals surface area (Å²) in [5, 5.41) is 36.7. The number of hydrogen-bond acceptors (Lipinski definition) is 14. The number of aliphatic hydroxyl groups is 2. The van der Waals surface area contributed by atoms with E-state index in [2.05, 4.69) is 40.3 Å². The van der Waals surface area contributed by atoms with E-state index in [0.717, 1.165) is 9.36 Å². The highest BCUT2D eigenvalue weighted by Crippen LogP contribution is 2.52. The lowest BCUT2D eigenvalue weighted by atomic mass is 10.1. The summed E-state index contributed by atoms with van der Waals surface area (Å²) in [7, 11) is 0. The van der Waals surface area contributed by atoms with Crippen molar-refractivity contribution in [3.8, 4) is 34.2 Å². The zero-order valence-electron chi connectivity index (χ0n) is 42.4. The van der Waals surface area contributed by atoms with Gasteiger partial charge in [-0.15, -0.1) is 20.4 Å². The first-order valence-corrected chi connectivity index (χ1v) is 25.4. The van der Waals surface area contributed by atoms with Crippen molar-refractivity contribution in [3.63, 3.8) is 0 Å². The molecule has 84 heavy (non-hydrogen) atoms. The van der Waals surface area contributed by atoms with Gasteiger partial charge in [-0.25, -0.2) is 38.3 Å². The fraction of sp³-hybridized carbons (Fsp3) is 0.360. The van der Waals surface area contributed by atoms with Crippen molar-refractivity contribution in [1.29, 1.82) is 0 Å². The Balaban J connectivity index is 0.000000202. The lowest BCUT2D eigenvalue weighted by Crippen LogP contribution is -2.37. The second kappa shape index (κ2) is 23.5. The number of Topliss-reactive ketones (excluding diaryl/α,β-unsaturated/α-hetero) is 2. The maximum absolute atomic E-state index is 13.1. The molecule has 444 valence electrons. The van der Waals surface area contributed by atoms with E-state index >= 15 is 0 Å². The lowest BCUT2D eigenvalue weighted by Gasteiger charge is -2.15. The SMILES string of the molecule is O=C(Cc1ncccc1-n1cnc(Cn2nc(-c3ccc(Cl)cc3)n(C[C@H](O)C(F)(F)F)c2=O)n1)[C@@H]1C[C@@H]1C(F)(F)F.O=C(Cc1ncccc1-n1cnc(Cn2nc(-c3ccc(Cl)cc3)n(C[C@H](O)C(F)(F)F)c2=O)n1)[C@H]1CC1C(F)(F)F. The van der Waals surface area contributed by atoms with Crippen LogP contribution in [0.15, 0.2) is 107 Å². The van der Waals surface area contributed by atoms with Gasteiger partial charge in [0.05, 0.1) is 60.5 Å². The number of halogens is 14. The zero-order valence-corrected chi connectivity index (χ0v) is 44.0. The summed E-state index contributed by atoms with van der Waals surface area (Å²) in [6, 6.07) is 17.7. The quantitative estimate of drug-likeness (QED) is 0.0805. The molecule has 0 spiro atoms. The van der Waals surface area contributed by atoms with Crippen LogP contribution in [0.5, 0.6) is 0 Å². The fourth-order valence-electron chi connectivity index (χ4n) is 8.80. The molecule has 34 heteroatoms. The third kappa shape index (κ3) is 13.9. The average Bonchev–Trinajstić information content (AvgIpc) is 2.05. The highest BCUT2D eigenvalue weighted by molar-refractivity contribution is 6.30. The number of carbonyl (C=O) groups is 2. The van der Waals surface area contributed by atoms with Gasteiger partial charge in [0.25, 0.3) is 0 Å². The molecule has 2 aromatic carbocycles. The van der Waals surface area contributed by atoms with E-state index in [1.54, 1.807) is 0 Å². The van der Waals surface area contributed by atoms with Crippen LogP contribution in [0.2, 0.25) is 10.0 Å². The van der Waals surface area contributed by atoms with Crippen molar-refractivity contribution >= 4 is 34.8 Å². The Hall–Kier alpha value is -8.10. The first-order valence-electron chi connectivity index (χ1n) is 24.7. The largest absolute Gasteiger partial charge is 0.416 e. The summed E-state index contributed by atoms with van der Waals surface area (Å²) >= 11 is 11.8. The number of rotatable bonds is 18. The summed E-state index contributed by atoms with van der Waals surface area (Å²) in [6.07, 6.45) is -20.6. The smallest absolute Gasteiger partial charge is 0.382 e. The van der Waals surface area contributed by atoms with Gasteiger partial charge in [-0.2, -0.15) is 52.7 Å². The van der Waals surface area contributed by atoms with Crippen LogP contribution in [-0.4, -0.2) is 127 Å². The number of benzene rings is 2. The van der Waals surface area contributed by atoms with Gasteiger partial charge in [0, 0.05) is 45.4 Å². The van der Waals surface area contributed by atoms with Gasteiger partial charge in [0.15, 0.2) is 35.5 Å². The molecule has 1 unspecified atom stereocenters. The van der Waals surface area contributed by atoms with Crippen LogP contribution < -0.4 is 11.4 Å². The summed E-state index contributed by atoms with van der Waals surface area (Å²) in [5.74, 6) is -7.11. The number of carbonyl (C=O) groups excluding carboxylic acids is 2. The number of aliphatic hydroxyl groups excluding tert-OH is 2. The molecule has 0 radical (unpaired) electrons. The summed E-state index contributed by atoms with van der Waals surface area (Å²) in [4.78, 5) is 67.6. The Labute approximate surface area is 472 Å². The van der Waals surface area contributed by atoms with Crippen LogP contribution in [0, 0.1) is 23.7 Å². The minimum absolute atomic E-state index is 0.00114. The number of hydrogen-bond donors (Lipinski definition) is 2. The molecule has 2 fully saturated rings. The highest BCUT2D eigenvalue weighted by atomic mass is 35.5. The van der Waals surface area contributed by atoms with E-state index in [0.29, 0.717) is 19.2 Å². The molecule has 6 heterocycles. The number of alkyl halides is 12.